The molecule has 17 heavy (non-hydrogen) atoms. The van der Waals surface area contributed by atoms with Crippen LogP contribution < -0.4 is 10.6 Å². The van der Waals surface area contributed by atoms with Gasteiger partial charge in [-0.05, 0) is 38.6 Å². The van der Waals surface area contributed by atoms with Crippen molar-refractivity contribution in [1.29, 1.82) is 0 Å². The number of aromatic nitrogens is 2. The third kappa shape index (κ3) is 2.07. The van der Waals surface area contributed by atoms with Gasteiger partial charge >= 0.3 is 0 Å². The van der Waals surface area contributed by atoms with E-state index in [0.717, 1.165) is 56.5 Å². The number of hydrogen-bond acceptors (Lipinski definition) is 3. The van der Waals surface area contributed by atoms with Crippen molar-refractivity contribution < 1.29 is 4.79 Å². The summed E-state index contributed by atoms with van der Waals surface area (Å²) in [7, 11) is 0. The van der Waals surface area contributed by atoms with Crippen molar-refractivity contribution in [3.8, 4) is 0 Å². The zero-order chi connectivity index (χ0) is 11.7. The molecular weight excluding hydrogens is 216 g/mol. The number of carbonyl (C=O) groups is 1. The highest BCUT2D eigenvalue weighted by molar-refractivity contribution is 5.94. The number of aryl methyl sites for hydroxylation is 1. The lowest BCUT2D eigenvalue weighted by molar-refractivity contribution is 0.0924. The SMILES string of the molecule is O=C(N[C@H]1CCCNC1)c1n[nH]c2c1CCC2. The molecule has 2 heterocycles. The second-order valence-corrected chi connectivity index (χ2v) is 4.90. The van der Waals surface area contributed by atoms with Crippen molar-refractivity contribution in [1.82, 2.24) is 20.8 Å². The van der Waals surface area contributed by atoms with E-state index in [0.29, 0.717) is 5.69 Å². The van der Waals surface area contributed by atoms with Crippen LogP contribution >= 0.6 is 0 Å². The van der Waals surface area contributed by atoms with Crippen LogP contribution in [0.2, 0.25) is 0 Å². The van der Waals surface area contributed by atoms with Gasteiger partial charge in [0.1, 0.15) is 0 Å². The van der Waals surface area contributed by atoms with Crippen molar-refractivity contribution in [2.75, 3.05) is 13.1 Å². The number of aromatic amines is 1. The molecule has 1 atom stereocenters. The highest BCUT2D eigenvalue weighted by atomic mass is 16.2. The Morgan fingerprint density at radius 3 is 3.12 bits per heavy atom. The Balaban J connectivity index is 1.69. The summed E-state index contributed by atoms with van der Waals surface area (Å²) in [6, 6.07) is 0.255. The quantitative estimate of drug-likeness (QED) is 0.693. The van der Waals surface area contributed by atoms with E-state index < -0.39 is 0 Å². The van der Waals surface area contributed by atoms with Crippen LogP contribution in [0.15, 0.2) is 0 Å². The smallest absolute Gasteiger partial charge is 0.272 e. The van der Waals surface area contributed by atoms with E-state index in [1.807, 2.05) is 0 Å². The van der Waals surface area contributed by atoms with Crippen LogP contribution in [-0.2, 0) is 12.8 Å². The fourth-order valence-electron chi connectivity index (χ4n) is 2.74. The Morgan fingerprint density at radius 1 is 1.35 bits per heavy atom. The zero-order valence-electron chi connectivity index (χ0n) is 9.88. The number of hydrogen-bond donors (Lipinski definition) is 3. The first-order valence-corrected chi connectivity index (χ1v) is 6.42. The second-order valence-electron chi connectivity index (χ2n) is 4.90. The average molecular weight is 234 g/mol. The molecule has 0 unspecified atom stereocenters. The van der Waals surface area contributed by atoms with Gasteiger partial charge in [0.25, 0.3) is 5.91 Å². The molecule has 0 bridgehead atoms. The molecule has 2 aliphatic rings. The van der Waals surface area contributed by atoms with E-state index in [1.165, 1.54) is 0 Å². The van der Waals surface area contributed by atoms with E-state index in [9.17, 15) is 4.79 Å². The normalized spacial score (nSPS) is 23.4. The molecule has 1 aliphatic carbocycles. The molecule has 5 nitrogen and oxygen atoms in total. The molecule has 3 rings (SSSR count). The Hall–Kier alpha value is -1.36. The number of rotatable bonds is 2. The summed E-state index contributed by atoms with van der Waals surface area (Å²) >= 11 is 0. The van der Waals surface area contributed by atoms with E-state index in [4.69, 9.17) is 0 Å². The monoisotopic (exact) mass is 234 g/mol. The van der Waals surface area contributed by atoms with Crippen LogP contribution in [0, 0.1) is 0 Å². The number of nitrogens with one attached hydrogen (secondary N) is 3. The lowest BCUT2D eigenvalue weighted by atomic mass is 10.1. The molecule has 5 heteroatoms. The predicted molar refractivity (Wildman–Crippen MR) is 64.0 cm³/mol. The summed E-state index contributed by atoms with van der Waals surface area (Å²) in [4.78, 5) is 12.1. The fourth-order valence-corrected chi connectivity index (χ4v) is 2.74. The fraction of sp³-hybridized carbons (Fsp3) is 0.667. The zero-order valence-corrected chi connectivity index (χ0v) is 9.88. The van der Waals surface area contributed by atoms with Crippen LogP contribution in [0.1, 0.15) is 41.0 Å². The standard InChI is InChI=1S/C12H18N4O/c17-12(14-8-3-2-6-13-7-8)11-9-4-1-5-10(9)15-16-11/h8,13H,1-7H2,(H,14,17)(H,15,16)/t8-/m0/s1. The first-order valence-electron chi connectivity index (χ1n) is 6.42. The minimum absolute atomic E-state index is 0.0156. The van der Waals surface area contributed by atoms with Crippen molar-refractivity contribution in [2.45, 2.75) is 38.1 Å². The summed E-state index contributed by atoms with van der Waals surface area (Å²) in [6.07, 6.45) is 5.34. The molecule has 1 saturated heterocycles. The Morgan fingerprint density at radius 2 is 2.29 bits per heavy atom. The molecular formula is C12H18N4O. The highest BCUT2D eigenvalue weighted by Crippen LogP contribution is 2.22. The van der Waals surface area contributed by atoms with Gasteiger partial charge in [-0.25, -0.2) is 0 Å². The Bertz CT molecular complexity index is 420. The first kappa shape index (κ1) is 10.8. The number of fused-ring (bicyclic) bond motifs is 1. The van der Waals surface area contributed by atoms with Gasteiger partial charge in [-0.1, -0.05) is 0 Å². The summed E-state index contributed by atoms with van der Waals surface area (Å²) in [5, 5.41) is 13.5. The van der Waals surface area contributed by atoms with Gasteiger partial charge in [-0.3, -0.25) is 9.89 Å². The molecule has 1 amide bonds. The topological polar surface area (TPSA) is 69.8 Å². The summed E-state index contributed by atoms with van der Waals surface area (Å²) in [5.41, 5.74) is 2.89. The maximum absolute atomic E-state index is 12.1. The molecule has 1 aliphatic heterocycles. The second kappa shape index (κ2) is 4.49. The molecule has 0 radical (unpaired) electrons. The lowest BCUT2D eigenvalue weighted by Gasteiger charge is -2.23. The Labute approximate surface area is 100 Å². The average Bonchev–Trinajstić information content (AvgIpc) is 2.91. The van der Waals surface area contributed by atoms with Gasteiger partial charge in [-0.2, -0.15) is 5.10 Å². The molecule has 1 aromatic heterocycles. The maximum atomic E-state index is 12.1. The van der Waals surface area contributed by atoms with Gasteiger partial charge in [-0.15, -0.1) is 0 Å². The summed E-state index contributed by atoms with van der Waals surface area (Å²) in [6.45, 7) is 1.93. The lowest BCUT2D eigenvalue weighted by Crippen LogP contribution is -2.45. The van der Waals surface area contributed by atoms with E-state index in [2.05, 4.69) is 20.8 Å². The number of piperidine rings is 1. The summed E-state index contributed by atoms with van der Waals surface area (Å²) in [5.74, 6) is -0.0156. The van der Waals surface area contributed by atoms with Crippen LogP contribution in [0.3, 0.4) is 0 Å². The van der Waals surface area contributed by atoms with Crippen molar-refractivity contribution >= 4 is 5.91 Å². The third-order valence-electron chi connectivity index (χ3n) is 3.65. The number of carbonyl (C=O) groups excluding carboxylic acids is 1. The van der Waals surface area contributed by atoms with Crippen LogP contribution in [0.4, 0.5) is 0 Å². The van der Waals surface area contributed by atoms with Crippen molar-refractivity contribution in [3.63, 3.8) is 0 Å². The van der Waals surface area contributed by atoms with Gasteiger partial charge in [0.15, 0.2) is 5.69 Å². The minimum atomic E-state index is -0.0156. The third-order valence-corrected chi connectivity index (χ3v) is 3.65. The number of H-pyrrole nitrogens is 1. The molecule has 0 spiro atoms. The van der Waals surface area contributed by atoms with Crippen molar-refractivity contribution in [2.24, 2.45) is 0 Å². The van der Waals surface area contributed by atoms with E-state index >= 15 is 0 Å². The molecule has 0 aromatic carbocycles. The van der Waals surface area contributed by atoms with Gasteiger partial charge in [0, 0.05) is 23.8 Å². The maximum Gasteiger partial charge on any atom is 0.272 e. The Kier molecular flexibility index (Phi) is 2.84. The molecule has 92 valence electrons. The first-order chi connectivity index (χ1) is 8.34. The number of nitrogens with zero attached hydrogens (tertiary/aromatic N) is 1. The molecule has 3 N–H and O–H groups in total. The molecule has 1 aromatic rings. The summed E-state index contributed by atoms with van der Waals surface area (Å²) < 4.78 is 0. The van der Waals surface area contributed by atoms with Crippen LogP contribution in [0.25, 0.3) is 0 Å². The minimum Gasteiger partial charge on any atom is -0.347 e. The molecule has 1 fully saturated rings. The van der Waals surface area contributed by atoms with Gasteiger partial charge < -0.3 is 10.6 Å². The van der Waals surface area contributed by atoms with Crippen LogP contribution in [0.5, 0.6) is 0 Å². The predicted octanol–water partition coefficient (Wildman–Crippen LogP) is 0.380. The van der Waals surface area contributed by atoms with Crippen molar-refractivity contribution in [3.05, 3.63) is 17.0 Å². The molecule has 0 saturated carbocycles. The van der Waals surface area contributed by atoms with E-state index in [-0.39, 0.29) is 11.9 Å². The van der Waals surface area contributed by atoms with Gasteiger partial charge in [0.05, 0.1) is 0 Å². The van der Waals surface area contributed by atoms with Gasteiger partial charge in [0.2, 0.25) is 0 Å². The van der Waals surface area contributed by atoms with E-state index in [1.54, 1.807) is 0 Å². The highest BCUT2D eigenvalue weighted by Gasteiger charge is 2.24. The van der Waals surface area contributed by atoms with Crippen LogP contribution in [-0.4, -0.2) is 35.2 Å². The number of amides is 1. The largest absolute Gasteiger partial charge is 0.347 e.